The number of nitriles is 1. The maximum Gasteiger partial charge on any atom is 0.257 e. The molecule has 0 bridgehead atoms. The quantitative estimate of drug-likeness (QED) is 0.813. The number of nitrogens with one attached hydrogen (secondary N) is 1. The monoisotopic (exact) mass is 276 g/mol. The van der Waals surface area contributed by atoms with Crippen molar-refractivity contribution in [2.45, 2.75) is 0 Å². The standard InChI is InChI=1S/C16H12N4O/c17-6-2-4-13-7-14(11-19-10-13)16(21)20-15-5-1-3-12(8-15)9-18/h1,3,5,7-8,10-11H,6,17H2,(H,20,21). The highest BCUT2D eigenvalue weighted by atomic mass is 16.1. The summed E-state index contributed by atoms with van der Waals surface area (Å²) in [5.74, 6) is 5.22. The van der Waals surface area contributed by atoms with Crippen LogP contribution in [0, 0.1) is 23.2 Å². The van der Waals surface area contributed by atoms with Gasteiger partial charge >= 0.3 is 0 Å². The molecule has 102 valence electrons. The Labute approximate surface area is 122 Å². The largest absolute Gasteiger partial charge is 0.322 e. The van der Waals surface area contributed by atoms with Crippen LogP contribution in [-0.2, 0) is 0 Å². The zero-order valence-corrected chi connectivity index (χ0v) is 11.1. The van der Waals surface area contributed by atoms with Crippen molar-refractivity contribution in [3.8, 4) is 17.9 Å². The normalized spacial score (nSPS) is 9.14. The number of aromatic nitrogens is 1. The van der Waals surface area contributed by atoms with Crippen LogP contribution < -0.4 is 11.1 Å². The van der Waals surface area contributed by atoms with Crippen molar-refractivity contribution < 1.29 is 4.79 Å². The molecule has 5 heteroatoms. The van der Waals surface area contributed by atoms with E-state index >= 15 is 0 Å². The first kappa shape index (κ1) is 14.3. The van der Waals surface area contributed by atoms with Crippen LogP contribution in [0.1, 0.15) is 21.5 Å². The summed E-state index contributed by atoms with van der Waals surface area (Å²) >= 11 is 0. The van der Waals surface area contributed by atoms with E-state index in [4.69, 9.17) is 11.0 Å². The van der Waals surface area contributed by atoms with Crippen molar-refractivity contribution in [3.63, 3.8) is 0 Å². The van der Waals surface area contributed by atoms with Crippen molar-refractivity contribution in [2.24, 2.45) is 5.73 Å². The van der Waals surface area contributed by atoms with Gasteiger partial charge in [0.15, 0.2) is 0 Å². The average Bonchev–Trinajstić information content (AvgIpc) is 2.53. The molecule has 3 N–H and O–H groups in total. The summed E-state index contributed by atoms with van der Waals surface area (Å²) in [5, 5.41) is 11.5. The van der Waals surface area contributed by atoms with E-state index in [1.807, 2.05) is 6.07 Å². The summed E-state index contributed by atoms with van der Waals surface area (Å²) < 4.78 is 0. The first-order valence-electron chi connectivity index (χ1n) is 6.18. The van der Waals surface area contributed by atoms with E-state index < -0.39 is 0 Å². The summed E-state index contributed by atoms with van der Waals surface area (Å²) in [5.41, 5.74) is 7.35. The second kappa shape index (κ2) is 6.85. The molecule has 0 aliphatic rings. The molecule has 2 aromatic rings. The van der Waals surface area contributed by atoms with Crippen LogP contribution in [0.3, 0.4) is 0 Å². The smallest absolute Gasteiger partial charge is 0.257 e. The Balaban J connectivity index is 2.18. The second-order valence-corrected chi connectivity index (χ2v) is 4.11. The van der Waals surface area contributed by atoms with Crippen molar-refractivity contribution in [3.05, 3.63) is 59.4 Å². The van der Waals surface area contributed by atoms with Gasteiger partial charge in [-0.05, 0) is 24.3 Å². The second-order valence-electron chi connectivity index (χ2n) is 4.11. The fourth-order valence-corrected chi connectivity index (χ4v) is 1.66. The molecule has 0 saturated heterocycles. The SMILES string of the molecule is N#Cc1cccc(NC(=O)c2cncc(C#CCN)c2)c1. The molecule has 0 aliphatic carbocycles. The lowest BCUT2D eigenvalue weighted by molar-refractivity contribution is 0.102. The molecule has 1 aromatic carbocycles. The first-order chi connectivity index (χ1) is 10.2. The third kappa shape index (κ3) is 3.90. The molecule has 0 saturated carbocycles. The summed E-state index contributed by atoms with van der Waals surface area (Å²) in [6, 6.07) is 10.3. The van der Waals surface area contributed by atoms with E-state index in [0.29, 0.717) is 22.4 Å². The van der Waals surface area contributed by atoms with Gasteiger partial charge in [-0.1, -0.05) is 17.9 Å². The molecular weight excluding hydrogens is 264 g/mol. The van der Waals surface area contributed by atoms with E-state index in [1.165, 1.54) is 6.20 Å². The zero-order chi connectivity index (χ0) is 15.1. The number of pyridine rings is 1. The average molecular weight is 276 g/mol. The minimum Gasteiger partial charge on any atom is -0.322 e. The van der Waals surface area contributed by atoms with Gasteiger partial charge in [-0.25, -0.2) is 0 Å². The predicted octanol–water partition coefficient (Wildman–Crippen LogP) is 1.52. The number of nitrogens with zero attached hydrogens (tertiary/aromatic N) is 2. The van der Waals surface area contributed by atoms with E-state index in [9.17, 15) is 4.79 Å². The maximum atomic E-state index is 12.1. The van der Waals surface area contributed by atoms with Gasteiger partial charge in [-0.3, -0.25) is 9.78 Å². The molecule has 0 unspecified atom stereocenters. The van der Waals surface area contributed by atoms with Gasteiger partial charge in [-0.15, -0.1) is 0 Å². The van der Waals surface area contributed by atoms with Crippen LogP contribution in [0.15, 0.2) is 42.7 Å². The number of nitrogens with two attached hydrogens (primary N) is 1. The van der Waals surface area contributed by atoms with Crippen LogP contribution in [0.25, 0.3) is 0 Å². The number of carbonyl (C=O) groups is 1. The summed E-state index contributed by atoms with van der Waals surface area (Å²) in [6.45, 7) is 0.247. The highest BCUT2D eigenvalue weighted by Gasteiger charge is 2.07. The highest BCUT2D eigenvalue weighted by Crippen LogP contribution is 2.12. The maximum absolute atomic E-state index is 12.1. The van der Waals surface area contributed by atoms with Crippen LogP contribution >= 0.6 is 0 Å². The molecule has 1 amide bonds. The van der Waals surface area contributed by atoms with Crippen molar-refractivity contribution >= 4 is 11.6 Å². The van der Waals surface area contributed by atoms with Gasteiger partial charge in [0.2, 0.25) is 0 Å². The van der Waals surface area contributed by atoms with Crippen LogP contribution in [0.2, 0.25) is 0 Å². The van der Waals surface area contributed by atoms with Gasteiger partial charge in [0.05, 0.1) is 23.7 Å². The van der Waals surface area contributed by atoms with Crippen LogP contribution in [0.4, 0.5) is 5.69 Å². The Bertz CT molecular complexity index is 766. The highest BCUT2D eigenvalue weighted by molar-refractivity contribution is 6.04. The lowest BCUT2D eigenvalue weighted by atomic mass is 10.2. The molecule has 0 spiro atoms. The van der Waals surface area contributed by atoms with Crippen molar-refractivity contribution in [2.75, 3.05) is 11.9 Å². The van der Waals surface area contributed by atoms with E-state index in [2.05, 4.69) is 22.1 Å². The number of hydrogen-bond donors (Lipinski definition) is 2. The Morgan fingerprint density at radius 1 is 1.29 bits per heavy atom. The molecule has 1 aromatic heterocycles. The number of anilines is 1. The Morgan fingerprint density at radius 3 is 2.90 bits per heavy atom. The van der Waals surface area contributed by atoms with Gasteiger partial charge in [0.1, 0.15) is 0 Å². The van der Waals surface area contributed by atoms with Gasteiger partial charge < -0.3 is 11.1 Å². The Kier molecular flexibility index (Phi) is 4.66. The number of benzene rings is 1. The third-order valence-electron chi connectivity index (χ3n) is 2.58. The van der Waals surface area contributed by atoms with E-state index in [1.54, 1.807) is 36.5 Å². The van der Waals surface area contributed by atoms with Gasteiger partial charge in [0, 0.05) is 23.6 Å². The molecule has 0 radical (unpaired) electrons. The summed E-state index contributed by atoms with van der Waals surface area (Å²) in [4.78, 5) is 16.1. The fraction of sp³-hybridized carbons (Fsp3) is 0.0625. The molecular formula is C16H12N4O. The summed E-state index contributed by atoms with van der Waals surface area (Å²) in [7, 11) is 0. The molecule has 0 fully saturated rings. The number of carbonyl (C=O) groups excluding carboxylic acids is 1. The minimum atomic E-state index is -0.311. The number of rotatable bonds is 2. The lowest BCUT2D eigenvalue weighted by Crippen LogP contribution is -2.12. The van der Waals surface area contributed by atoms with Crippen molar-refractivity contribution in [1.82, 2.24) is 4.98 Å². The van der Waals surface area contributed by atoms with E-state index in [-0.39, 0.29) is 12.5 Å². The predicted molar refractivity (Wildman–Crippen MR) is 79.3 cm³/mol. The Hall–Kier alpha value is -3.15. The van der Waals surface area contributed by atoms with Crippen LogP contribution in [0.5, 0.6) is 0 Å². The molecule has 1 heterocycles. The number of amides is 1. The molecule has 2 rings (SSSR count). The van der Waals surface area contributed by atoms with Gasteiger partial charge in [-0.2, -0.15) is 5.26 Å². The molecule has 21 heavy (non-hydrogen) atoms. The fourth-order valence-electron chi connectivity index (χ4n) is 1.66. The van der Waals surface area contributed by atoms with Crippen molar-refractivity contribution in [1.29, 1.82) is 5.26 Å². The molecule has 0 aliphatic heterocycles. The first-order valence-corrected chi connectivity index (χ1v) is 6.18. The van der Waals surface area contributed by atoms with Gasteiger partial charge in [0.25, 0.3) is 5.91 Å². The van der Waals surface area contributed by atoms with Crippen LogP contribution in [-0.4, -0.2) is 17.4 Å². The van der Waals surface area contributed by atoms with E-state index in [0.717, 1.165) is 0 Å². The third-order valence-corrected chi connectivity index (χ3v) is 2.58. The Morgan fingerprint density at radius 2 is 2.14 bits per heavy atom. The topological polar surface area (TPSA) is 91.8 Å². The summed E-state index contributed by atoms with van der Waals surface area (Å²) in [6.07, 6.45) is 3.02. The lowest BCUT2D eigenvalue weighted by Gasteiger charge is -2.05. The minimum absolute atomic E-state index is 0.247. The zero-order valence-electron chi connectivity index (χ0n) is 11.1. The molecule has 5 nitrogen and oxygen atoms in total. The molecule has 0 atom stereocenters. The number of hydrogen-bond acceptors (Lipinski definition) is 4.